The van der Waals surface area contributed by atoms with Gasteiger partial charge in [0.1, 0.15) is 0 Å². The molecule has 1 aliphatic rings. The first-order valence-electron chi connectivity index (χ1n) is 6.68. The Morgan fingerprint density at radius 2 is 1.86 bits per heavy atom. The SMILES string of the molecule is Nc1ccccc1C(=O)C1CCN(C(O)C(F)(F)F)CC1. The number of carbonyl (C=O) groups is 1. The fraction of sp³-hybridized carbons (Fsp3) is 0.500. The number of carbonyl (C=O) groups excluding carboxylic acids is 1. The first-order valence-corrected chi connectivity index (χ1v) is 6.68. The van der Waals surface area contributed by atoms with Crippen molar-refractivity contribution >= 4 is 11.5 Å². The van der Waals surface area contributed by atoms with Gasteiger partial charge in [0, 0.05) is 30.3 Å². The summed E-state index contributed by atoms with van der Waals surface area (Å²) in [5, 5.41) is 9.19. The number of alkyl halides is 3. The summed E-state index contributed by atoms with van der Waals surface area (Å²) in [6.45, 7) is 0.0631. The van der Waals surface area contributed by atoms with E-state index in [0.717, 1.165) is 4.90 Å². The van der Waals surface area contributed by atoms with Crippen molar-refractivity contribution < 1.29 is 23.1 Å². The van der Waals surface area contributed by atoms with E-state index in [1.54, 1.807) is 24.3 Å². The summed E-state index contributed by atoms with van der Waals surface area (Å²) in [6.07, 6.45) is -6.57. The van der Waals surface area contributed by atoms with E-state index in [2.05, 4.69) is 0 Å². The monoisotopic (exact) mass is 302 g/mol. The molecule has 1 aromatic rings. The maximum Gasteiger partial charge on any atom is 0.428 e. The zero-order chi connectivity index (χ0) is 15.6. The normalized spacial score (nSPS) is 19.4. The number of aliphatic hydroxyl groups excluding tert-OH is 1. The fourth-order valence-electron chi connectivity index (χ4n) is 2.55. The van der Waals surface area contributed by atoms with Crippen LogP contribution >= 0.6 is 0 Å². The molecule has 1 aromatic carbocycles. The van der Waals surface area contributed by atoms with E-state index in [4.69, 9.17) is 5.73 Å². The van der Waals surface area contributed by atoms with Crippen molar-refractivity contribution in [2.75, 3.05) is 18.8 Å². The Hall–Kier alpha value is -1.60. The Bertz CT molecular complexity index is 511. The van der Waals surface area contributed by atoms with E-state index in [0.29, 0.717) is 11.3 Å². The van der Waals surface area contributed by atoms with Crippen LogP contribution in [0.2, 0.25) is 0 Å². The fourth-order valence-corrected chi connectivity index (χ4v) is 2.55. The van der Waals surface area contributed by atoms with Crippen molar-refractivity contribution in [1.29, 1.82) is 0 Å². The van der Waals surface area contributed by atoms with Gasteiger partial charge in [-0.05, 0) is 25.0 Å². The molecule has 4 nitrogen and oxygen atoms in total. The summed E-state index contributed by atoms with van der Waals surface area (Å²) in [5.41, 5.74) is 6.53. The number of nitrogen functional groups attached to an aromatic ring is 1. The van der Waals surface area contributed by atoms with E-state index < -0.39 is 12.4 Å². The molecule has 0 spiro atoms. The summed E-state index contributed by atoms with van der Waals surface area (Å²) in [5.74, 6) is -0.499. The van der Waals surface area contributed by atoms with Gasteiger partial charge in [0.25, 0.3) is 0 Å². The number of rotatable bonds is 3. The van der Waals surface area contributed by atoms with Crippen LogP contribution in [0.5, 0.6) is 0 Å². The Kier molecular flexibility index (Phi) is 4.53. The third-order valence-corrected chi connectivity index (χ3v) is 3.77. The molecule has 0 aliphatic carbocycles. The lowest BCUT2D eigenvalue weighted by Gasteiger charge is -2.35. The summed E-state index contributed by atoms with van der Waals surface area (Å²) in [6, 6.07) is 6.66. The summed E-state index contributed by atoms with van der Waals surface area (Å²) in [7, 11) is 0. The average molecular weight is 302 g/mol. The van der Waals surface area contributed by atoms with Gasteiger partial charge in [0.05, 0.1) is 0 Å². The molecule has 1 unspecified atom stereocenters. The quantitative estimate of drug-likeness (QED) is 0.662. The molecule has 1 saturated heterocycles. The molecule has 1 heterocycles. The van der Waals surface area contributed by atoms with Crippen LogP contribution in [-0.4, -0.2) is 41.3 Å². The second-order valence-corrected chi connectivity index (χ2v) is 5.18. The number of piperidine rings is 1. The molecule has 21 heavy (non-hydrogen) atoms. The van der Waals surface area contributed by atoms with Crippen LogP contribution in [0.25, 0.3) is 0 Å². The first kappa shape index (κ1) is 15.8. The van der Waals surface area contributed by atoms with Gasteiger partial charge in [0.2, 0.25) is 6.23 Å². The lowest BCUT2D eigenvalue weighted by atomic mass is 9.88. The minimum atomic E-state index is -4.67. The molecule has 1 aliphatic heterocycles. The van der Waals surface area contributed by atoms with Crippen molar-refractivity contribution in [3.05, 3.63) is 29.8 Å². The van der Waals surface area contributed by atoms with Gasteiger partial charge in [-0.25, -0.2) is 0 Å². The van der Waals surface area contributed by atoms with Crippen LogP contribution in [0, 0.1) is 5.92 Å². The van der Waals surface area contributed by atoms with Gasteiger partial charge >= 0.3 is 6.18 Å². The Morgan fingerprint density at radius 1 is 1.29 bits per heavy atom. The van der Waals surface area contributed by atoms with Crippen LogP contribution in [0.3, 0.4) is 0 Å². The average Bonchev–Trinajstić information content (AvgIpc) is 2.45. The number of ketones is 1. The Morgan fingerprint density at radius 3 is 2.38 bits per heavy atom. The van der Waals surface area contributed by atoms with Gasteiger partial charge in [-0.15, -0.1) is 0 Å². The summed E-state index contributed by atoms with van der Waals surface area (Å²) < 4.78 is 37.3. The number of Topliss-reactive ketones (excluding diaryl/α,β-unsaturated/α-hetero) is 1. The number of benzene rings is 1. The number of nitrogens with zero attached hydrogens (tertiary/aromatic N) is 1. The van der Waals surface area contributed by atoms with Gasteiger partial charge in [-0.2, -0.15) is 13.2 Å². The second-order valence-electron chi connectivity index (χ2n) is 5.18. The molecule has 116 valence electrons. The van der Waals surface area contributed by atoms with Crippen LogP contribution in [0.4, 0.5) is 18.9 Å². The molecule has 0 amide bonds. The molecule has 3 N–H and O–H groups in total. The third-order valence-electron chi connectivity index (χ3n) is 3.77. The molecule has 7 heteroatoms. The van der Waals surface area contributed by atoms with Gasteiger partial charge in [0.15, 0.2) is 5.78 Å². The van der Waals surface area contributed by atoms with Crippen LogP contribution in [0.1, 0.15) is 23.2 Å². The van der Waals surface area contributed by atoms with Crippen molar-refractivity contribution in [1.82, 2.24) is 4.90 Å². The number of halogens is 3. The highest BCUT2D eigenvalue weighted by atomic mass is 19.4. The second kappa shape index (κ2) is 6.03. The molecule has 2 rings (SSSR count). The van der Waals surface area contributed by atoms with E-state index in [1.165, 1.54) is 0 Å². The third kappa shape index (κ3) is 3.54. The lowest BCUT2D eigenvalue weighted by molar-refractivity contribution is -0.252. The van der Waals surface area contributed by atoms with Crippen molar-refractivity contribution in [3.63, 3.8) is 0 Å². The summed E-state index contributed by atoms with van der Waals surface area (Å²) in [4.78, 5) is 13.3. The zero-order valence-corrected chi connectivity index (χ0v) is 11.3. The standard InChI is InChI=1S/C14H17F3N2O2/c15-14(16,17)13(21)19-7-5-9(6-8-19)12(20)10-3-1-2-4-11(10)18/h1-4,9,13,21H,5-8,18H2. The van der Waals surface area contributed by atoms with Crippen LogP contribution in [0.15, 0.2) is 24.3 Å². The number of hydrogen-bond acceptors (Lipinski definition) is 4. The van der Waals surface area contributed by atoms with E-state index in [1.807, 2.05) is 0 Å². The topological polar surface area (TPSA) is 66.6 Å². The maximum absolute atomic E-state index is 12.4. The molecule has 0 saturated carbocycles. The van der Waals surface area contributed by atoms with E-state index in [-0.39, 0.29) is 37.6 Å². The van der Waals surface area contributed by atoms with E-state index >= 15 is 0 Å². The zero-order valence-electron chi connectivity index (χ0n) is 11.3. The smallest absolute Gasteiger partial charge is 0.398 e. The van der Waals surface area contributed by atoms with Crippen molar-refractivity contribution in [2.24, 2.45) is 5.92 Å². The highest BCUT2D eigenvalue weighted by Crippen LogP contribution is 2.29. The highest BCUT2D eigenvalue weighted by Gasteiger charge is 2.43. The molecule has 0 radical (unpaired) electrons. The molecule has 1 atom stereocenters. The predicted octanol–water partition coefficient (Wildman–Crippen LogP) is 2.04. The van der Waals surface area contributed by atoms with E-state index in [9.17, 15) is 23.1 Å². The molecule has 0 aromatic heterocycles. The molecular weight excluding hydrogens is 285 g/mol. The first-order chi connectivity index (χ1) is 9.80. The number of aliphatic hydroxyl groups is 1. The molecular formula is C14H17F3N2O2. The highest BCUT2D eigenvalue weighted by molar-refractivity contribution is 6.02. The minimum absolute atomic E-state index is 0.0316. The predicted molar refractivity (Wildman–Crippen MR) is 71.5 cm³/mol. The van der Waals surface area contributed by atoms with Gasteiger partial charge in [-0.3, -0.25) is 9.69 Å². The van der Waals surface area contributed by atoms with Gasteiger partial charge < -0.3 is 10.8 Å². The lowest BCUT2D eigenvalue weighted by Crippen LogP contribution is -2.49. The number of para-hydroxylation sites is 1. The Labute approximate surface area is 120 Å². The number of nitrogens with two attached hydrogens (primary N) is 1. The van der Waals surface area contributed by atoms with Crippen LogP contribution in [-0.2, 0) is 0 Å². The number of anilines is 1. The number of likely N-dealkylation sites (tertiary alicyclic amines) is 1. The Balaban J connectivity index is 1.98. The van der Waals surface area contributed by atoms with Gasteiger partial charge in [-0.1, -0.05) is 12.1 Å². The van der Waals surface area contributed by atoms with Crippen molar-refractivity contribution in [2.45, 2.75) is 25.2 Å². The largest absolute Gasteiger partial charge is 0.428 e. The van der Waals surface area contributed by atoms with Crippen LogP contribution < -0.4 is 5.73 Å². The maximum atomic E-state index is 12.4. The van der Waals surface area contributed by atoms with Crippen molar-refractivity contribution in [3.8, 4) is 0 Å². The molecule has 0 bridgehead atoms. The summed E-state index contributed by atoms with van der Waals surface area (Å²) >= 11 is 0. The number of hydrogen-bond donors (Lipinski definition) is 2. The minimum Gasteiger partial charge on any atom is -0.398 e. The molecule has 1 fully saturated rings.